The van der Waals surface area contributed by atoms with Crippen LogP contribution in [-0.4, -0.2) is 29.3 Å². The Morgan fingerprint density at radius 2 is 1.40 bits per heavy atom. The van der Waals surface area contributed by atoms with E-state index in [2.05, 4.69) is 20.8 Å². The van der Waals surface area contributed by atoms with Gasteiger partial charge in [-0.05, 0) is 146 Å². The lowest BCUT2D eigenvalue weighted by molar-refractivity contribution is -0.309. The van der Waals surface area contributed by atoms with Gasteiger partial charge in [-0.2, -0.15) is 13.2 Å². The van der Waals surface area contributed by atoms with E-state index in [0.717, 1.165) is 67.6 Å². The van der Waals surface area contributed by atoms with Gasteiger partial charge in [0.05, 0.1) is 5.92 Å². The van der Waals surface area contributed by atoms with E-state index < -0.39 is 23.2 Å². The highest BCUT2D eigenvalue weighted by Gasteiger charge is 2.74. The van der Waals surface area contributed by atoms with Crippen LogP contribution in [0.25, 0.3) is 0 Å². The van der Waals surface area contributed by atoms with E-state index in [0.29, 0.717) is 24.7 Å². The summed E-state index contributed by atoms with van der Waals surface area (Å²) in [6, 6.07) is 0. The first-order valence-corrected chi connectivity index (χ1v) is 17.1. The number of rotatable bonds is 8. The van der Waals surface area contributed by atoms with Gasteiger partial charge >= 0.3 is 18.1 Å². The number of halogens is 3. The Kier molecular flexibility index (Phi) is 8.39. The standard InChI is InChI=1S/C22H34O2.C13H21F3O2/c1-5-12(2)20(23)24-21(3,4)22-11-14-7-16-15-6-13(9-18(16)22)10-19(22)17(15)8-14;1-4-11(3,13(14,15)16)10(17)18-12(5-2)8-6-7-9-12/h12-19H,5-11H2,1-4H3;4-9H2,1-3H3. The molecule has 0 spiro atoms. The molecule has 7 heteroatoms. The molecule has 42 heavy (non-hydrogen) atoms. The minimum atomic E-state index is -4.56. The molecule has 0 aromatic heterocycles. The molecule has 8 fully saturated rings. The zero-order chi connectivity index (χ0) is 30.9. The van der Waals surface area contributed by atoms with E-state index in [1.165, 1.54) is 45.4 Å². The molecular formula is C35H55F3O4. The molecule has 4 nitrogen and oxygen atoms in total. The highest BCUT2D eigenvalue weighted by atomic mass is 19.4. The molecule has 0 N–H and O–H groups in total. The molecule has 8 bridgehead atoms. The molecule has 6 atom stereocenters. The van der Waals surface area contributed by atoms with Gasteiger partial charge in [0.2, 0.25) is 0 Å². The van der Waals surface area contributed by atoms with Crippen LogP contribution in [0.2, 0.25) is 0 Å². The molecule has 0 heterocycles. The topological polar surface area (TPSA) is 52.6 Å². The molecular weight excluding hydrogens is 541 g/mol. The summed E-state index contributed by atoms with van der Waals surface area (Å²) in [7, 11) is 0. The highest BCUT2D eigenvalue weighted by molar-refractivity contribution is 5.78. The van der Waals surface area contributed by atoms with Crippen LogP contribution in [-0.2, 0) is 19.1 Å². The van der Waals surface area contributed by atoms with Crippen LogP contribution >= 0.6 is 0 Å². The van der Waals surface area contributed by atoms with Crippen LogP contribution in [0.3, 0.4) is 0 Å². The molecule has 0 aliphatic heterocycles. The Hall–Kier alpha value is -1.27. The van der Waals surface area contributed by atoms with Gasteiger partial charge < -0.3 is 9.47 Å². The molecule has 0 radical (unpaired) electrons. The molecule has 6 unspecified atom stereocenters. The second-order valence-corrected chi connectivity index (χ2v) is 15.9. The molecule has 8 saturated carbocycles. The number of carbonyl (C=O) groups is 2. The number of hydrogen-bond donors (Lipinski definition) is 0. The van der Waals surface area contributed by atoms with E-state index in [-0.39, 0.29) is 23.9 Å². The fraction of sp³-hybridized carbons (Fsp3) is 0.943. The summed E-state index contributed by atoms with van der Waals surface area (Å²) in [5.74, 6) is 5.47. The fourth-order valence-electron chi connectivity index (χ4n) is 11.0. The maximum Gasteiger partial charge on any atom is 0.404 e. The average molecular weight is 597 g/mol. The van der Waals surface area contributed by atoms with Crippen LogP contribution in [0.5, 0.6) is 0 Å². The van der Waals surface area contributed by atoms with Crippen molar-refractivity contribution in [2.75, 3.05) is 0 Å². The summed E-state index contributed by atoms with van der Waals surface area (Å²) < 4.78 is 50.5. The second kappa shape index (κ2) is 11.0. The van der Waals surface area contributed by atoms with Crippen molar-refractivity contribution in [3.8, 4) is 0 Å². The highest BCUT2D eigenvalue weighted by Crippen LogP contribution is 2.78. The predicted molar refractivity (Wildman–Crippen MR) is 156 cm³/mol. The van der Waals surface area contributed by atoms with E-state index >= 15 is 0 Å². The van der Waals surface area contributed by atoms with Crippen LogP contribution < -0.4 is 0 Å². The Morgan fingerprint density at radius 1 is 0.857 bits per heavy atom. The Morgan fingerprint density at radius 3 is 1.88 bits per heavy atom. The summed E-state index contributed by atoms with van der Waals surface area (Å²) in [5, 5.41) is 0. The van der Waals surface area contributed by atoms with Crippen molar-refractivity contribution in [3.63, 3.8) is 0 Å². The van der Waals surface area contributed by atoms with Gasteiger partial charge in [0.15, 0.2) is 5.41 Å². The summed E-state index contributed by atoms with van der Waals surface area (Å²) in [4.78, 5) is 24.6. The molecule has 0 saturated heterocycles. The number of hydrogen-bond acceptors (Lipinski definition) is 4. The van der Waals surface area contributed by atoms with Gasteiger partial charge in [0.25, 0.3) is 0 Å². The van der Waals surface area contributed by atoms with Gasteiger partial charge in [0, 0.05) is 5.41 Å². The van der Waals surface area contributed by atoms with Gasteiger partial charge in [-0.1, -0.05) is 27.7 Å². The third-order valence-corrected chi connectivity index (χ3v) is 13.8. The second-order valence-electron chi connectivity index (χ2n) is 15.9. The Balaban J connectivity index is 0.000000177. The third kappa shape index (κ3) is 4.84. The Labute approximate surface area is 251 Å². The fourth-order valence-corrected chi connectivity index (χ4v) is 11.0. The number of ether oxygens (including phenoxy) is 2. The van der Waals surface area contributed by atoms with Crippen molar-refractivity contribution >= 4 is 11.9 Å². The van der Waals surface area contributed by atoms with E-state index in [4.69, 9.17) is 9.47 Å². The number of esters is 2. The van der Waals surface area contributed by atoms with Crippen molar-refractivity contribution in [2.24, 2.45) is 58.2 Å². The van der Waals surface area contributed by atoms with E-state index in [1.807, 2.05) is 13.8 Å². The van der Waals surface area contributed by atoms with Crippen molar-refractivity contribution in [1.29, 1.82) is 0 Å². The molecule has 8 rings (SSSR count). The first-order chi connectivity index (χ1) is 19.6. The molecule has 0 aromatic rings. The average Bonchev–Trinajstić information content (AvgIpc) is 3.42. The van der Waals surface area contributed by atoms with E-state index in [1.54, 1.807) is 0 Å². The van der Waals surface area contributed by atoms with E-state index in [9.17, 15) is 22.8 Å². The molecule has 8 aliphatic rings. The van der Waals surface area contributed by atoms with Crippen LogP contribution in [0, 0.1) is 58.2 Å². The first-order valence-electron chi connectivity index (χ1n) is 17.1. The zero-order valence-electron chi connectivity index (χ0n) is 27.1. The monoisotopic (exact) mass is 596 g/mol. The van der Waals surface area contributed by atoms with Crippen molar-refractivity contribution in [3.05, 3.63) is 0 Å². The molecule has 0 aromatic carbocycles. The molecule has 0 amide bonds. The summed E-state index contributed by atoms with van der Waals surface area (Å²) in [6.45, 7) is 12.8. The summed E-state index contributed by atoms with van der Waals surface area (Å²) >= 11 is 0. The third-order valence-electron chi connectivity index (χ3n) is 13.8. The van der Waals surface area contributed by atoms with Crippen molar-refractivity contribution < 1.29 is 32.2 Å². The lowest BCUT2D eigenvalue weighted by Crippen LogP contribution is -2.73. The van der Waals surface area contributed by atoms with Gasteiger partial charge in [0.1, 0.15) is 11.2 Å². The lowest BCUT2D eigenvalue weighted by Gasteiger charge is -2.77. The quantitative estimate of drug-likeness (QED) is 0.262. The first kappa shape index (κ1) is 32.1. The smallest absolute Gasteiger partial charge is 0.404 e. The summed E-state index contributed by atoms with van der Waals surface area (Å²) in [5.41, 5.74) is -3.05. The largest absolute Gasteiger partial charge is 0.459 e. The van der Waals surface area contributed by atoms with Gasteiger partial charge in [-0.3, -0.25) is 9.59 Å². The SMILES string of the molecule is CCC(C)C(=O)OC(C)(C)C12CC3CC4C5CC(CC41)CC2C5C3.CCC1(OC(=O)C(C)(CC)C(F)(F)F)CCCC1. The number of alkyl halides is 3. The zero-order valence-corrected chi connectivity index (χ0v) is 27.1. The lowest BCUT2D eigenvalue weighted by atomic mass is 9.28. The van der Waals surface area contributed by atoms with Crippen LogP contribution in [0.4, 0.5) is 13.2 Å². The molecule has 8 aliphatic carbocycles. The van der Waals surface area contributed by atoms with Crippen LogP contribution in [0.15, 0.2) is 0 Å². The van der Waals surface area contributed by atoms with Crippen molar-refractivity contribution in [2.45, 2.75) is 149 Å². The van der Waals surface area contributed by atoms with Crippen LogP contribution in [0.1, 0.15) is 132 Å². The number of carbonyl (C=O) groups excluding carboxylic acids is 2. The maximum absolute atomic E-state index is 13.0. The minimum absolute atomic E-state index is 0.0337. The van der Waals surface area contributed by atoms with Crippen molar-refractivity contribution in [1.82, 2.24) is 0 Å². The normalized spacial score (nSPS) is 39.3. The van der Waals surface area contributed by atoms with Gasteiger partial charge in [-0.25, -0.2) is 0 Å². The minimum Gasteiger partial charge on any atom is -0.459 e. The molecule has 240 valence electrons. The van der Waals surface area contributed by atoms with Gasteiger partial charge in [-0.15, -0.1) is 0 Å². The maximum atomic E-state index is 13.0. The predicted octanol–water partition coefficient (Wildman–Crippen LogP) is 9.29. The Bertz CT molecular complexity index is 1010. The summed E-state index contributed by atoms with van der Waals surface area (Å²) in [6.07, 6.45) is 8.48.